The highest BCUT2D eigenvalue weighted by atomic mass is 15.1. The normalized spacial score (nSPS) is 16.0. The topological polar surface area (TPSA) is 27.6 Å². The van der Waals surface area contributed by atoms with Crippen molar-refractivity contribution in [3.63, 3.8) is 0 Å². The van der Waals surface area contributed by atoms with Gasteiger partial charge < -0.3 is 10.2 Å². The predicted octanol–water partition coefficient (Wildman–Crippen LogP) is 3.14. The molecule has 0 radical (unpaired) electrons. The Kier molecular flexibility index (Phi) is 4.02. The van der Waals surface area contributed by atoms with Gasteiger partial charge in [-0.05, 0) is 31.0 Å². The standard InChI is InChI=1S/C14H21N3/c1-17(2)13-8-6-7-12(11-13)16-14-9-4-3-5-10-15-14/h6-8,11H,3-5,9-10H2,1-2H3,(H,15,16). The first-order chi connectivity index (χ1) is 8.25. The van der Waals surface area contributed by atoms with Crippen molar-refractivity contribution in [1.29, 1.82) is 0 Å². The van der Waals surface area contributed by atoms with E-state index < -0.39 is 0 Å². The van der Waals surface area contributed by atoms with Gasteiger partial charge in [-0.1, -0.05) is 12.5 Å². The molecular weight excluding hydrogens is 210 g/mol. The van der Waals surface area contributed by atoms with Crippen LogP contribution >= 0.6 is 0 Å². The zero-order valence-corrected chi connectivity index (χ0v) is 10.7. The molecule has 0 saturated carbocycles. The molecule has 1 aromatic rings. The molecule has 0 atom stereocenters. The Morgan fingerprint density at radius 3 is 2.88 bits per heavy atom. The summed E-state index contributed by atoms with van der Waals surface area (Å²) >= 11 is 0. The van der Waals surface area contributed by atoms with E-state index in [-0.39, 0.29) is 0 Å². The molecule has 92 valence electrons. The second-order valence-corrected chi connectivity index (χ2v) is 4.71. The molecule has 1 aromatic carbocycles. The summed E-state index contributed by atoms with van der Waals surface area (Å²) in [5.41, 5.74) is 2.35. The molecule has 0 aromatic heterocycles. The lowest BCUT2D eigenvalue weighted by molar-refractivity contribution is 0.731. The molecule has 1 heterocycles. The van der Waals surface area contributed by atoms with E-state index in [4.69, 9.17) is 0 Å². The van der Waals surface area contributed by atoms with Crippen LogP contribution in [0.15, 0.2) is 29.3 Å². The van der Waals surface area contributed by atoms with Gasteiger partial charge in [-0.2, -0.15) is 0 Å². The number of hydrogen-bond acceptors (Lipinski definition) is 3. The zero-order chi connectivity index (χ0) is 12.1. The number of hydrogen-bond donors (Lipinski definition) is 1. The first kappa shape index (κ1) is 12.0. The van der Waals surface area contributed by atoms with Crippen LogP contribution in [0.1, 0.15) is 25.7 Å². The van der Waals surface area contributed by atoms with Gasteiger partial charge in [0.15, 0.2) is 0 Å². The van der Waals surface area contributed by atoms with E-state index in [2.05, 4.69) is 53.6 Å². The van der Waals surface area contributed by atoms with Crippen LogP contribution in [0.4, 0.5) is 11.4 Å². The van der Waals surface area contributed by atoms with E-state index in [9.17, 15) is 0 Å². The Bertz CT molecular complexity index is 396. The average molecular weight is 231 g/mol. The third kappa shape index (κ3) is 3.48. The first-order valence-electron chi connectivity index (χ1n) is 6.33. The molecule has 0 spiro atoms. The highest BCUT2D eigenvalue weighted by Gasteiger charge is 2.05. The smallest absolute Gasteiger partial charge is 0.101 e. The van der Waals surface area contributed by atoms with Gasteiger partial charge in [0.05, 0.1) is 0 Å². The largest absolute Gasteiger partial charge is 0.378 e. The van der Waals surface area contributed by atoms with Crippen molar-refractivity contribution in [1.82, 2.24) is 0 Å². The second-order valence-electron chi connectivity index (χ2n) is 4.71. The summed E-state index contributed by atoms with van der Waals surface area (Å²) in [5, 5.41) is 3.44. The molecular formula is C14H21N3. The lowest BCUT2D eigenvalue weighted by Crippen LogP contribution is -2.13. The maximum atomic E-state index is 4.58. The fourth-order valence-corrected chi connectivity index (χ4v) is 2.00. The number of nitrogens with one attached hydrogen (secondary N) is 1. The number of benzene rings is 1. The van der Waals surface area contributed by atoms with Crippen molar-refractivity contribution >= 4 is 17.2 Å². The number of rotatable bonds is 2. The van der Waals surface area contributed by atoms with E-state index in [1.165, 1.54) is 24.9 Å². The second kappa shape index (κ2) is 5.71. The summed E-state index contributed by atoms with van der Waals surface area (Å²) < 4.78 is 0. The van der Waals surface area contributed by atoms with Crippen molar-refractivity contribution in [3.05, 3.63) is 24.3 Å². The van der Waals surface area contributed by atoms with Gasteiger partial charge in [-0.25, -0.2) is 0 Å². The maximum Gasteiger partial charge on any atom is 0.101 e. The minimum Gasteiger partial charge on any atom is -0.378 e. The molecule has 2 rings (SSSR count). The first-order valence-corrected chi connectivity index (χ1v) is 6.33. The summed E-state index contributed by atoms with van der Waals surface area (Å²) in [5.74, 6) is 1.14. The van der Waals surface area contributed by atoms with Crippen LogP contribution in [0.5, 0.6) is 0 Å². The minimum atomic E-state index is 0.968. The zero-order valence-electron chi connectivity index (χ0n) is 10.7. The molecule has 3 heteroatoms. The lowest BCUT2D eigenvalue weighted by atomic mass is 10.2. The quantitative estimate of drug-likeness (QED) is 0.846. The molecule has 1 aliphatic rings. The van der Waals surface area contributed by atoms with Crippen LogP contribution in [0, 0.1) is 0 Å². The molecule has 0 bridgehead atoms. The third-order valence-corrected chi connectivity index (χ3v) is 3.03. The number of nitrogens with zero attached hydrogens (tertiary/aromatic N) is 2. The van der Waals surface area contributed by atoms with Gasteiger partial charge >= 0.3 is 0 Å². The van der Waals surface area contributed by atoms with Crippen LogP contribution in [-0.4, -0.2) is 26.5 Å². The lowest BCUT2D eigenvalue weighted by Gasteiger charge is -2.15. The van der Waals surface area contributed by atoms with Crippen LogP contribution in [0.25, 0.3) is 0 Å². The van der Waals surface area contributed by atoms with Gasteiger partial charge in [-0.3, -0.25) is 4.99 Å². The summed E-state index contributed by atoms with van der Waals surface area (Å²) in [6.45, 7) is 0.968. The van der Waals surface area contributed by atoms with Crippen LogP contribution in [0.3, 0.4) is 0 Å². The summed E-state index contributed by atoms with van der Waals surface area (Å²) in [4.78, 5) is 6.70. The van der Waals surface area contributed by atoms with Gasteiger partial charge in [-0.15, -0.1) is 0 Å². The third-order valence-electron chi connectivity index (χ3n) is 3.03. The summed E-state index contributed by atoms with van der Waals surface area (Å²) in [6, 6.07) is 8.45. The van der Waals surface area contributed by atoms with Crippen LogP contribution < -0.4 is 10.2 Å². The Morgan fingerprint density at radius 1 is 1.18 bits per heavy atom. The van der Waals surface area contributed by atoms with Crippen LogP contribution in [-0.2, 0) is 0 Å². The fraction of sp³-hybridized carbons (Fsp3) is 0.500. The highest BCUT2D eigenvalue weighted by molar-refractivity contribution is 5.95. The van der Waals surface area contributed by atoms with E-state index >= 15 is 0 Å². The Labute approximate surface area is 104 Å². The molecule has 0 fully saturated rings. The summed E-state index contributed by atoms with van der Waals surface area (Å²) in [7, 11) is 4.12. The van der Waals surface area contributed by atoms with Crippen molar-refractivity contribution < 1.29 is 0 Å². The van der Waals surface area contributed by atoms with Crippen molar-refractivity contribution in [2.75, 3.05) is 30.9 Å². The molecule has 0 unspecified atom stereocenters. The number of amidine groups is 1. The molecule has 17 heavy (non-hydrogen) atoms. The Morgan fingerprint density at radius 2 is 2.06 bits per heavy atom. The van der Waals surface area contributed by atoms with Gasteiger partial charge in [0.1, 0.15) is 5.84 Å². The average Bonchev–Trinajstić information content (AvgIpc) is 2.58. The van der Waals surface area contributed by atoms with Crippen molar-refractivity contribution in [2.24, 2.45) is 4.99 Å². The van der Waals surface area contributed by atoms with Gasteiger partial charge in [0, 0.05) is 38.4 Å². The van der Waals surface area contributed by atoms with E-state index in [0.29, 0.717) is 0 Å². The monoisotopic (exact) mass is 231 g/mol. The Balaban J connectivity index is 2.07. The minimum absolute atomic E-state index is 0.968. The molecule has 0 amide bonds. The Hall–Kier alpha value is -1.51. The SMILES string of the molecule is CN(C)c1cccc(NC2=NCCCCC2)c1. The van der Waals surface area contributed by atoms with E-state index in [1.54, 1.807) is 0 Å². The van der Waals surface area contributed by atoms with Gasteiger partial charge in [0.25, 0.3) is 0 Å². The van der Waals surface area contributed by atoms with Crippen LogP contribution in [0.2, 0.25) is 0 Å². The van der Waals surface area contributed by atoms with Crippen molar-refractivity contribution in [3.8, 4) is 0 Å². The van der Waals surface area contributed by atoms with E-state index in [0.717, 1.165) is 24.5 Å². The van der Waals surface area contributed by atoms with E-state index in [1.807, 2.05) is 0 Å². The molecule has 0 saturated heterocycles. The summed E-state index contributed by atoms with van der Waals surface area (Å²) in [6.07, 6.45) is 4.85. The fourth-order valence-electron chi connectivity index (χ4n) is 2.00. The maximum absolute atomic E-state index is 4.58. The van der Waals surface area contributed by atoms with Gasteiger partial charge in [0.2, 0.25) is 0 Å². The molecule has 1 N–H and O–H groups in total. The number of anilines is 2. The predicted molar refractivity (Wildman–Crippen MR) is 75.2 cm³/mol. The molecule has 3 nitrogen and oxygen atoms in total. The van der Waals surface area contributed by atoms with Crippen molar-refractivity contribution in [2.45, 2.75) is 25.7 Å². The highest BCUT2D eigenvalue weighted by Crippen LogP contribution is 2.18. The molecule has 1 aliphatic heterocycles. The number of aliphatic imine (C=N–C) groups is 1. The molecule has 0 aliphatic carbocycles.